The summed E-state index contributed by atoms with van der Waals surface area (Å²) in [5.41, 5.74) is 3.87. The van der Waals surface area contributed by atoms with Gasteiger partial charge in [0.2, 0.25) is 0 Å². The first-order valence-electron chi connectivity index (χ1n) is 9.92. The van der Waals surface area contributed by atoms with Gasteiger partial charge in [-0.05, 0) is 43.7 Å². The zero-order valence-electron chi connectivity index (χ0n) is 16.9. The fourth-order valence-electron chi connectivity index (χ4n) is 3.11. The van der Waals surface area contributed by atoms with Crippen molar-refractivity contribution < 1.29 is 9.32 Å². The summed E-state index contributed by atoms with van der Waals surface area (Å²) in [6, 6.07) is 11.1. The van der Waals surface area contributed by atoms with Crippen molar-refractivity contribution in [1.82, 2.24) is 20.1 Å². The van der Waals surface area contributed by atoms with Gasteiger partial charge in [-0.25, -0.2) is 9.97 Å². The molecule has 2 N–H and O–H groups in total. The molecule has 0 aliphatic heterocycles. The Hall–Kier alpha value is -3.13. The van der Waals surface area contributed by atoms with E-state index >= 15 is 0 Å². The van der Waals surface area contributed by atoms with Crippen LogP contribution in [-0.4, -0.2) is 26.0 Å². The third-order valence-corrected chi connectivity index (χ3v) is 5.64. The number of nitrogens with one attached hydrogen (secondary N) is 2. The van der Waals surface area contributed by atoms with Gasteiger partial charge >= 0.3 is 0 Å². The summed E-state index contributed by atoms with van der Waals surface area (Å²) in [5.74, 6) is 2.11. The number of H-pyrrole nitrogens is 1. The second kappa shape index (κ2) is 9.13. The van der Waals surface area contributed by atoms with Crippen molar-refractivity contribution in [2.24, 2.45) is 0 Å². The molecule has 7 nitrogen and oxygen atoms in total. The number of hydrogen-bond donors (Lipinski definition) is 2. The monoisotopic (exact) mass is 421 g/mol. The summed E-state index contributed by atoms with van der Waals surface area (Å²) >= 11 is 1.46. The molecule has 0 spiro atoms. The van der Waals surface area contributed by atoms with Crippen LogP contribution in [0.4, 0.5) is 5.69 Å². The van der Waals surface area contributed by atoms with Crippen molar-refractivity contribution in [3.8, 4) is 0 Å². The highest BCUT2D eigenvalue weighted by Gasteiger charge is 2.15. The van der Waals surface area contributed by atoms with Gasteiger partial charge in [-0.2, -0.15) is 0 Å². The molecule has 154 valence electrons. The first kappa shape index (κ1) is 20.2. The normalized spacial score (nSPS) is 11.1. The summed E-state index contributed by atoms with van der Waals surface area (Å²) in [7, 11) is 0. The van der Waals surface area contributed by atoms with Crippen LogP contribution in [0.1, 0.15) is 47.4 Å². The number of hydrogen-bond acceptors (Lipinski definition) is 6. The first-order valence-corrected chi connectivity index (χ1v) is 10.9. The number of aryl methyl sites for hydroxylation is 2. The number of anilines is 1. The predicted octanol–water partition coefficient (Wildman–Crippen LogP) is 5.14. The van der Waals surface area contributed by atoms with Gasteiger partial charge in [0.05, 0.1) is 22.3 Å². The summed E-state index contributed by atoms with van der Waals surface area (Å²) in [4.78, 5) is 25.2. The number of amides is 1. The molecule has 0 bridgehead atoms. The van der Waals surface area contributed by atoms with E-state index in [2.05, 4.69) is 32.3 Å². The highest BCUT2D eigenvalue weighted by Crippen LogP contribution is 2.25. The lowest BCUT2D eigenvalue weighted by atomic mass is 10.2. The number of imidazole rings is 1. The molecule has 30 heavy (non-hydrogen) atoms. The van der Waals surface area contributed by atoms with Gasteiger partial charge in [0.25, 0.3) is 5.91 Å². The van der Waals surface area contributed by atoms with E-state index in [0.29, 0.717) is 22.0 Å². The van der Waals surface area contributed by atoms with E-state index in [1.54, 1.807) is 18.3 Å². The predicted molar refractivity (Wildman–Crippen MR) is 118 cm³/mol. The molecule has 4 rings (SSSR count). The fourth-order valence-corrected chi connectivity index (χ4v) is 3.98. The van der Waals surface area contributed by atoms with Gasteiger partial charge < -0.3 is 14.8 Å². The minimum absolute atomic E-state index is 0.202. The van der Waals surface area contributed by atoms with E-state index in [0.717, 1.165) is 47.6 Å². The average Bonchev–Trinajstić information content (AvgIpc) is 3.36. The van der Waals surface area contributed by atoms with Gasteiger partial charge in [-0.15, -0.1) is 0 Å². The molecule has 0 radical (unpaired) electrons. The van der Waals surface area contributed by atoms with Crippen LogP contribution in [0, 0.1) is 6.92 Å². The molecule has 4 aromatic rings. The molecule has 3 heterocycles. The van der Waals surface area contributed by atoms with Crippen LogP contribution in [-0.2, 0) is 12.2 Å². The maximum Gasteiger partial charge on any atom is 0.258 e. The molecule has 0 fully saturated rings. The third-order valence-electron chi connectivity index (χ3n) is 4.61. The molecule has 0 saturated heterocycles. The van der Waals surface area contributed by atoms with E-state index in [4.69, 9.17) is 4.52 Å². The van der Waals surface area contributed by atoms with E-state index < -0.39 is 0 Å². The van der Waals surface area contributed by atoms with Crippen LogP contribution in [0.15, 0.2) is 52.1 Å². The van der Waals surface area contributed by atoms with Crippen LogP contribution in [0.5, 0.6) is 0 Å². The number of nitrogens with zero attached hydrogens (tertiary/aromatic N) is 3. The summed E-state index contributed by atoms with van der Waals surface area (Å²) < 4.78 is 5.10. The number of unbranched alkanes of at least 4 members (excludes halogenated alkanes) is 1. The Morgan fingerprint density at radius 2 is 2.17 bits per heavy atom. The molecule has 0 aliphatic rings. The minimum Gasteiger partial charge on any atom is -0.361 e. The molecule has 3 aromatic heterocycles. The Balaban J connectivity index is 1.48. The molecule has 1 amide bonds. The highest BCUT2D eigenvalue weighted by molar-refractivity contribution is 7.98. The summed E-state index contributed by atoms with van der Waals surface area (Å²) in [5, 5.41) is 7.61. The SMILES string of the molecule is CCCCc1nc2ccc(NC(=O)c3cccnc3SCc3cc(C)on3)cc2[nH]1. The van der Waals surface area contributed by atoms with Crippen LogP contribution in [0.2, 0.25) is 0 Å². The minimum atomic E-state index is -0.202. The number of carbonyl (C=O) groups is 1. The Labute approximate surface area is 178 Å². The van der Waals surface area contributed by atoms with E-state index in [9.17, 15) is 4.79 Å². The Morgan fingerprint density at radius 3 is 2.97 bits per heavy atom. The molecule has 0 atom stereocenters. The van der Waals surface area contributed by atoms with Gasteiger partial charge in [-0.1, -0.05) is 30.3 Å². The number of thioether (sulfide) groups is 1. The van der Waals surface area contributed by atoms with Crippen LogP contribution >= 0.6 is 11.8 Å². The second-order valence-corrected chi connectivity index (χ2v) is 8.01. The molecular formula is C22H23N5O2S. The maximum absolute atomic E-state index is 12.9. The molecule has 0 aliphatic carbocycles. The van der Waals surface area contributed by atoms with Gasteiger partial charge in [0.1, 0.15) is 16.6 Å². The lowest BCUT2D eigenvalue weighted by molar-refractivity contribution is 0.102. The van der Waals surface area contributed by atoms with Crippen molar-refractivity contribution in [3.63, 3.8) is 0 Å². The maximum atomic E-state index is 12.9. The van der Waals surface area contributed by atoms with Gasteiger partial charge in [0.15, 0.2) is 0 Å². The van der Waals surface area contributed by atoms with E-state index in [-0.39, 0.29) is 5.91 Å². The number of pyridine rings is 1. The molecule has 0 saturated carbocycles. The molecular weight excluding hydrogens is 398 g/mol. The number of aromatic amines is 1. The number of aromatic nitrogens is 4. The van der Waals surface area contributed by atoms with Crippen LogP contribution < -0.4 is 5.32 Å². The zero-order chi connectivity index (χ0) is 20.9. The molecule has 8 heteroatoms. The lowest BCUT2D eigenvalue weighted by Gasteiger charge is -2.08. The zero-order valence-corrected chi connectivity index (χ0v) is 17.8. The second-order valence-electron chi connectivity index (χ2n) is 7.05. The van der Waals surface area contributed by atoms with E-state index in [1.165, 1.54) is 11.8 Å². The summed E-state index contributed by atoms with van der Waals surface area (Å²) in [6.07, 6.45) is 4.83. The van der Waals surface area contributed by atoms with Crippen molar-refractivity contribution in [2.75, 3.05) is 5.32 Å². The molecule has 1 aromatic carbocycles. The fraction of sp³-hybridized carbons (Fsp3) is 0.273. The topological polar surface area (TPSA) is 96.7 Å². The van der Waals surface area contributed by atoms with Gasteiger partial charge in [-0.3, -0.25) is 4.79 Å². The van der Waals surface area contributed by atoms with Crippen molar-refractivity contribution in [3.05, 3.63) is 65.4 Å². The Morgan fingerprint density at radius 1 is 1.27 bits per heavy atom. The quantitative estimate of drug-likeness (QED) is 0.382. The molecule has 0 unspecified atom stereocenters. The number of rotatable bonds is 8. The van der Waals surface area contributed by atoms with Crippen molar-refractivity contribution in [1.29, 1.82) is 0 Å². The Bertz CT molecular complexity index is 1170. The largest absolute Gasteiger partial charge is 0.361 e. The standard InChI is InChI=1S/C22H23N5O2S/c1-3-4-7-20-25-18-9-8-15(12-19(18)26-20)24-21(28)17-6-5-10-23-22(17)30-13-16-11-14(2)29-27-16/h5-6,8-12H,3-4,7,13H2,1-2H3,(H,24,28)(H,25,26). The average molecular weight is 422 g/mol. The van der Waals surface area contributed by atoms with Crippen LogP contribution in [0.3, 0.4) is 0 Å². The number of benzene rings is 1. The summed E-state index contributed by atoms with van der Waals surface area (Å²) in [6.45, 7) is 4.01. The number of carbonyl (C=O) groups excluding carboxylic acids is 1. The first-order chi connectivity index (χ1) is 14.6. The van der Waals surface area contributed by atoms with Crippen molar-refractivity contribution >= 4 is 34.4 Å². The van der Waals surface area contributed by atoms with Crippen LogP contribution in [0.25, 0.3) is 11.0 Å². The van der Waals surface area contributed by atoms with Crippen molar-refractivity contribution in [2.45, 2.75) is 43.9 Å². The van der Waals surface area contributed by atoms with Gasteiger partial charge in [0, 0.05) is 30.1 Å². The number of fused-ring (bicyclic) bond motifs is 1. The van der Waals surface area contributed by atoms with E-state index in [1.807, 2.05) is 31.2 Å². The smallest absolute Gasteiger partial charge is 0.258 e. The highest BCUT2D eigenvalue weighted by atomic mass is 32.2. The third kappa shape index (κ3) is 4.71. The lowest BCUT2D eigenvalue weighted by Crippen LogP contribution is -2.13. The Kier molecular flexibility index (Phi) is 6.13.